The standard InChI is InChI=1S/C19H32FN3O6/c1-2-3-4-5-6-7-8-9-12-28-19(23-11-10-15(21)22-17(23)26)18(20,27)16(25)14(13-24)29-19/h10-11,14,16,24-25,27H,2-9,12-13H2,1H3,(H2,21,22,26)/t14-,16-,18-,19-/m1/s1. The van der Waals surface area contributed by atoms with Crippen LogP contribution in [0.3, 0.4) is 0 Å². The number of aliphatic hydroxyl groups is 3. The van der Waals surface area contributed by atoms with Crippen LogP contribution < -0.4 is 11.4 Å². The number of hydrogen-bond acceptors (Lipinski definition) is 8. The number of hydrogen-bond donors (Lipinski definition) is 4. The zero-order valence-electron chi connectivity index (χ0n) is 16.8. The van der Waals surface area contributed by atoms with Crippen molar-refractivity contribution in [3.05, 3.63) is 22.7 Å². The van der Waals surface area contributed by atoms with Crippen LogP contribution in [0.1, 0.15) is 58.3 Å². The van der Waals surface area contributed by atoms with Crippen molar-refractivity contribution in [2.24, 2.45) is 0 Å². The Kier molecular flexibility index (Phi) is 8.53. The van der Waals surface area contributed by atoms with E-state index in [2.05, 4.69) is 11.9 Å². The zero-order chi connectivity index (χ0) is 21.5. The van der Waals surface area contributed by atoms with Crippen LogP contribution in [0.25, 0.3) is 0 Å². The minimum atomic E-state index is -3.50. The van der Waals surface area contributed by atoms with Gasteiger partial charge in [0.15, 0.2) is 0 Å². The Morgan fingerprint density at radius 3 is 2.45 bits per heavy atom. The maximum Gasteiger partial charge on any atom is 0.353 e. The van der Waals surface area contributed by atoms with E-state index < -0.39 is 36.3 Å². The van der Waals surface area contributed by atoms with E-state index in [1.54, 1.807) is 0 Å². The molecule has 29 heavy (non-hydrogen) atoms. The summed E-state index contributed by atoms with van der Waals surface area (Å²) in [7, 11) is 0. The summed E-state index contributed by atoms with van der Waals surface area (Å²) in [5.41, 5.74) is 4.44. The molecule has 1 aromatic rings. The Labute approximate surface area is 169 Å². The highest BCUT2D eigenvalue weighted by atomic mass is 19.2. The number of halogens is 1. The third-order valence-corrected chi connectivity index (χ3v) is 5.12. The van der Waals surface area contributed by atoms with Crippen molar-refractivity contribution in [1.82, 2.24) is 9.55 Å². The lowest BCUT2D eigenvalue weighted by Gasteiger charge is -2.36. The first kappa shape index (κ1) is 23.7. The van der Waals surface area contributed by atoms with Gasteiger partial charge in [0, 0.05) is 6.20 Å². The molecule has 2 rings (SSSR count). The van der Waals surface area contributed by atoms with E-state index in [0.29, 0.717) is 11.0 Å². The molecule has 2 heterocycles. The van der Waals surface area contributed by atoms with Crippen molar-refractivity contribution in [2.45, 2.75) is 82.3 Å². The predicted octanol–water partition coefficient (Wildman–Crippen LogP) is 1.00. The first-order chi connectivity index (χ1) is 13.8. The number of nitrogen functional groups attached to an aromatic ring is 1. The summed E-state index contributed by atoms with van der Waals surface area (Å²) < 4.78 is 26.7. The number of nitrogens with two attached hydrogens (primary N) is 1. The van der Waals surface area contributed by atoms with Crippen LogP contribution in [-0.2, 0) is 15.4 Å². The van der Waals surface area contributed by atoms with Gasteiger partial charge in [0.05, 0.1) is 13.2 Å². The summed E-state index contributed by atoms with van der Waals surface area (Å²) >= 11 is 0. The minimum Gasteiger partial charge on any atom is -0.394 e. The van der Waals surface area contributed by atoms with Gasteiger partial charge in [0.1, 0.15) is 18.0 Å². The summed E-state index contributed by atoms with van der Waals surface area (Å²) in [6, 6.07) is 1.21. The van der Waals surface area contributed by atoms with Gasteiger partial charge >= 0.3 is 17.5 Å². The Morgan fingerprint density at radius 1 is 1.28 bits per heavy atom. The second-order valence-electron chi connectivity index (χ2n) is 7.37. The Hall–Kier alpha value is -1.59. The Bertz CT molecular complexity index is 701. The van der Waals surface area contributed by atoms with Crippen molar-refractivity contribution in [3.63, 3.8) is 0 Å². The molecule has 4 atom stereocenters. The van der Waals surface area contributed by atoms with Gasteiger partial charge in [-0.15, -0.1) is 0 Å². The molecule has 9 nitrogen and oxygen atoms in total. The lowest BCUT2D eigenvalue weighted by molar-refractivity contribution is -0.383. The zero-order valence-corrected chi connectivity index (χ0v) is 16.8. The fourth-order valence-corrected chi connectivity index (χ4v) is 3.44. The molecule has 0 aliphatic carbocycles. The molecule has 0 amide bonds. The first-order valence-corrected chi connectivity index (χ1v) is 10.2. The number of aliphatic hydroxyl groups excluding tert-OH is 2. The van der Waals surface area contributed by atoms with Crippen LogP contribution in [0.15, 0.2) is 17.1 Å². The van der Waals surface area contributed by atoms with E-state index in [0.717, 1.165) is 31.9 Å². The molecule has 1 saturated heterocycles. The van der Waals surface area contributed by atoms with Gasteiger partial charge in [-0.2, -0.15) is 4.98 Å². The maximum atomic E-state index is 15.2. The smallest absolute Gasteiger partial charge is 0.353 e. The van der Waals surface area contributed by atoms with Crippen molar-refractivity contribution < 1.29 is 29.2 Å². The highest BCUT2D eigenvalue weighted by molar-refractivity contribution is 5.24. The quantitative estimate of drug-likeness (QED) is 0.369. The van der Waals surface area contributed by atoms with Crippen LogP contribution in [0.4, 0.5) is 10.2 Å². The number of rotatable bonds is 12. The van der Waals surface area contributed by atoms with Crippen molar-refractivity contribution in [2.75, 3.05) is 18.9 Å². The topological polar surface area (TPSA) is 140 Å². The highest BCUT2D eigenvalue weighted by Gasteiger charge is 2.70. The number of aromatic nitrogens is 2. The number of alkyl halides is 1. The summed E-state index contributed by atoms with van der Waals surface area (Å²) in [5.74, 6) is -6.29. The average molecular weight is 417 g/mol. The van der Waals surface area contributed by atoms with Crippen molar-refractivity contribution in [1.29, 1.82) is 0 Å². The van der Waals surface area contributed by atoms with Crippen LogP contribution in [0, 0.1) is 0 Å². The molecule has 10 heteroatoms. The van der Waals surface area contributed by atoms with Gasteiger partial charge in [-0.3, -0.25) is 0 Å². The minimum absolute atomic E-state index is 0.0388. The fourth-order valence-electron chi connectivity index (χ4n) is 3.44. The van der Waals surface area contributed by atoms with Gasteiger partial charge < -0.3 is 30.5 Å². The van der Waals surface area contributed by atoms with E-state index in [1.165, 1.54) is 25.3 Å². The molecule has 0 radical (unpaired) electrons. The molecular formula is C19H32FN3O6. The molecule has 0 saturated carbocycles. The second kappa shape index (κ2) is 10.4. The summed E-state index contributed by atoms with van der Waals surface area (Å²) in [6.07, 6.45) is 5.61. The number of ether oxygens (including phenoxy) is 2. The molecule has 1 aromatic heterocycles. The summed E-state index contributed by atoms with van der Waals surface area (Å²) in [5, 5.41) is 29.8. The van der Waals surface area contributed by atoms with Gasteiger partial charge in [-0.1, -0.05) is 51.9 Å². The van der Waals surface area contributed by atoms with Gasteiger partial charge in [0.2, 0.25) is 0 Å². The molecule has 1 aliphatic heterocycles. The third-order valence-electron chi connectivity index (χ3n) is 5.12. The Balaban J connectivity index is 2.09. The van der Waals surface area contributed by atoms with Crippen LogP contribution in [-0.4, -0.2) is 56.1 Å². The van der Waals surface area contributed by atoms with Gasteiger partial charge in [0.25, 0.3) is 0 Å². The third kappa shape index (κ3) is 5.13. The Morgan fingerprint density at radius 2 is 1.90 bits per heavy atom. The van der Waals surface area contributed by atoms with Crippen molar-refractivity contribution in [3.8, 4) is 0 Å². The van der Waals surface area contributed by atoms with E-state index in [4.69, 9.17) is 15.2 Å². The van der Waals surface area contributed by atoms with E-state index in [-0.39, 0.29) is 12.4 Å². The monoisotopic (exact) mass is 417 g/mol. The molecule has 0 aromatic carbocycles. The molecule has 1 aliphatic rings. The molecule has 0 unspecified atom stereocenters. The molecule has 166 valence electrons. The normalized spacial score (nSPS) is 29.4. The van der Waals surface area contributed by atoms with Crippen LogP contribution in [0.2, 0.25) is 0 Å². The van der Waals surface area contributed by atoms with E-state index in [9.17, 15) is 20.1 Å². The molecule has 1 fully saturated rings. The second-order valence-corrected chi connectivity index (χ2v) is 7.37. The maximum absolute atomic E-state index is 15.2. The molecule has 0 spiro atoms. The number of nitrogens with zero attached hydrogens (tertiary/aromatic N) is 2. The van der Waals surface area contributed by atoms with Gasteiger partial charge in [-0.25, -0.2) is 13.8 Å². The lowest BCUT2D eigenvalue weighted by atomic mass is 10.1. The highest BCUT2D eigenvalue weighted by Crippen LogP contribution is 2.45. The number of anilines is 1. The molecule has 5 N–H and O–H groups in total. The summed E-state index contributed by atoms with van der Waals surface area (Å²) in [6.45, 7) is 1.33. The first-order valence-electron chi connectivity index (χ1n) is 10.2. The molecule has 0 bridgehead atoms. The van der Waals surface area contributed by atoms with Gasteiger partial charge in [-0.05, 0) is 12.5 Å². The van der Waals surface area contributed by atoms with E-state index >= 15 is 4.39 Å². The number of unbranched alkanes of at least 4 members (excludes halogenated alkanes) is 7. The SMILES string of the molecule is CCCCCCCCCCO[C@@]1(n2ccc(N)nc2=O)O[C@H](CO)[C@@H](O)[C@]1(O)F. The largest absolute Gasteiger partial charge is 0.394 e. The fraction of sp³-hybridized carbons (Fsp3) is 0.789. The summed E-state index contributed by atoms with van der Waals surface area (Å²) in [4.78, 5) is 15.8. The predicted molar refractivity (Wildman–Crippen MR) is 103 cm³/mol. The van der Waals surface area contributed by atoms with Crippen molar-refractivity contribution >= 4 is 5.82 Å². The van der Waals surface area contributed by atoms with Crippen LogP contribution >= 0.6 is 0 Å². The average Bonchev–Trinajstić information content (AvgIpc) is 2.87. The van der Waals surface area contributed by atoms with Crippen LogP contribution in [0.5, 0.6) is 0 Å². The van der Waals surface area contributed by atoms with E-state index in [1.807, 2.05) is 0 Å². The molecular weight excluding hydrogens is 385 g/mol. The lowest BCUT2D eigenvalue weighted by Crippen LogP contribution is -2.59.